The molecule has 0 aliphatic carbocycles. The van der Waals surface area contributed by atoms with Crippen molar-refractivity contribution < 1.29 is 9.53 Å². The first kappa shape index (κ1) is 17.1. The molecule has 0 bridgehead atoms. The van der Waals surface area contributed by atoms with E-state index in [-0.39, 0.29) is 11.9 Å². The van der Waals surface area contributed by atoms with Crippen molar-refractivity contribution in [2.24, 2.45) is 7.05 Å². The van der Waals surface area contributed by atoms with E-state index >= 15 is 0 Å². The van der Waals surface area contributed by atoms with Gasteiger partial charge in [-0.05, 0) is 50.5 Å². The van der Waals surface area contributed by atoms with E-state index in [4.69, 9.17) is 4.74 Å². The molecule has 2 aromatic heterocycles. The molecule has 0 spiro atoms. The number of likely N-dealkylation sites (tertiary alicyclic amines) is 1. The van der Waals surface area contributed by atoms with Crippen LogP contribution in [0.2, 0.25) is 0 Å². The molecule has 1 amide bonds. The number of ether oxygens (including phenoxy) is 1. The number of carbonyl (C=O) groups excluding carboxylic acids is 1. The first-order chi connectivity index (χ1) is 12.6. The van der Waals surface area contributed by atoms with Gasteiger partial charge in [-0.3, -0.25) is 9.48 Å². The summed E-state index contributed by atoms with van der Waals surface area (Å²) in [5, 5.41) is 5.51. The molecule has 1 aliphatic rings. The zero-order valence-corrected chi connectivity index (χ0v) is 16.2. The normalized spacial score (nSPS) is 17.2. The maximum Gasteiger partial charge on any atom is 0.264 e. The molecule has 1 aliphatic heterocycles. The Kier molecular flexibility index (Phi) is 4.44. The molecule has 1 saturated heterocycles. The van der Waals surface area contributed by atoms with Crippen LogP contribution in [0.15, 0.2) is 30.3 Å². The summed E-state index contributed by atoms with van der Waals surface area (Å²) < 4.78 is 7.39. The third kappa shape index (κ3) is 2.88. The number of amides is 1. The van der Waals surface area contributed by atoms with Crippen LogP contribution in [0.25, 0.3) is 10.2 Å². The van der Waals surface area contributed by atoms with Gasteiger partial charge in [0.05, 0.1) is 23.2 Å². The summed E-state index contributed by atoms with van der Waals surface area (Å²) in [5.41, 5.74) is 2.15. The molecule has 136 valence electrons. The number of aromatic nitrogens is 2. The van der Waals surface area contributed by atoms with Gasteiger partial charge in [-0.1, -0.05) is 12.1 Å². The lowest BCUT2D eigenvalue weighted by atomic mass is 10.0. The summed E-state index contributed by atoms with van der Waals surface area (Å²) in [6.45, 7) is 5.44. The second kappa shape index (κ2) is 6.76. The van der Waals surface area contributed by atoms with Gasteiger partial charge < -0.3 is 9.64 Å². The number of hydrogen-bond acceptors (Lipinski definition) is 4. The Labute approximate surface area is 157 Å². The van der Waals surface area contributed by atoms with E-state index < -0.39 is 0 Å². The summed E-state index contributed by atoms with van der Waals surface area (Å²) in [6, 6.07) is 10.3. The SMILES string of the molecule is CCOc1ccc(C2CCCN2C(=O)c2cc3c(C)nn(C)c3s2)cc1. The Hall–Kier alpha value is -2.34. The summed E-state index contributed by atoms with van der Waals surface area (Å²) in [5.74, 6) is 1.00. The van der Waals surface area contributed by atoms with Crippen LogP contribution in [-0.4, -0.2) is 33.7 Å². The molecular weight excluding hydrogens is 346 g/mol. The Bertz CT molecular complexity index is 908. The third-order valence-corrected chi connectivity index (χ3v) is 6.19. The Morgan fingerprint density at radius 3 is 2.81 bits per heavy atom. The number of carbonyl (C=O) groups is 1. The fourth-order valence-corrected chi connectivity index (χ4v) is 4.84. The van der Waals surface area contributed by atoms with Crippen LogP contribution >= 0.6 is 11.3 Å². The fourth-order valence-electron chi connectivity index (χ4n) is 3.76. The number of benzene rings is 1. The van der Waals surface area contributed by atoms with Gasteiger partial charge in [-0.15, -0.1) is 11.3 Å². The fraction of sp³-hybridized carbons (Fsp3) is 0.400. The molecule has 1 unspecified atom stereocenters. The number of rotatable bonds is 4. The van der Waals surface area contributed by atoms with Crippen LogP contribution < -0.4 is 4.74 Å². The maximum absolute atomic E-state index is 13.2. The Morgan fingerprint density at radius 2 is 2.12 bits per heavy atom. The zero-order valence-electron chi connectivity index (χ0n) is 15.4. The first-order valence-corrected chi connectivity index (χ1v) is 9.87. The predicted octanol–water partition coefficient (Wildman–Crippen LogP) is 4.32. The topological polar surface area (TPSA) is 47.4 Å². The molecule has 0 saturated carbocycles. The molecule has 1 fully saturated rings. The zero-order chi connectivity index (χ0) is 18.3. The van der Waals surface area contributed by atoms with Crippen LogP contribution in [0, 0.1) is 6.92 Å². The number of thiophene rings is 1. The van der Waals surface area contributed by atoms with E-state index in [2.05, 4.69) is 17.2 Å². The van der Waals surface area contributed by atoms with Gasteiger partial charge in [0.25, 0.3) is 5.91 Å². The lowest BCUT2D eigenvalue weighted by Gasteiger charge is -2.24. The Balaban J connectivity index is 1.60. The molecule has 5 nitrogen and oxygen atoms in total. The summed E-state index contributed by atoms with van der Waals surface area (Å²) in [6.07, 6.45) is 2.04. The van der Waals surface area contributed by atoms with Crippen LogP contribution in [0.3, 0.4) is 0 Å². The van der Waals surface area contributed by atoms with Gasteiger partial charge >= 0.3 is 0 Å². The predicted molar refractivity (Wildman–Crippen MR) is 104 cm³/mol. The minimum atomic E-state index is 0.127. The second-order valence-electron chi connectivity index (χ2n) is 6.70. The standard InChI is InChI=1S/C20H23N3O2S/c1-4-25-15-9-7-14(8-10-15)17-6-5-11-23(17)19(24)18-12-16-13(2)21-22(3)20(16)26-18/h7-10,12,17H,4-6,11H2,1-3H3. The van der Waals surface area contributed by atoms with Crippen molar-refractivity contribution >= 4 is 27.5 Å². The van der Waals surface area contributed by atoms with E-state index in [1.165, 1.54) is 16.9 Å². The smallest absolute Gasteiger partial charge is 0.264 e. The van der Waals surface area contributed by atoms with Gasteiger partial charge in [0.15, 0.2) is 0 Å². The molecular formula is C20H23N3O2S. The van der Waals surface area contributed by atoms with Gasteiger partial charge in [0, 0.05) is 19.0 Å². The van der Waals surface area contributed by atoms with Crippen molar-refractivity contribution in [2.45, 2.75) is 32.7 Å². The van der Waals surface area contributed by atoms with Crippen molar-refractivity contribution in [3.63, 3.8) is 0 Å². The summed E-state index contributed by atoms with van der Waals surface area (Å²) >= 11 is 1.54. The van der Waals surface area contributed by atoms with E-state index in [1.54, 1.807) is 0 Å². The third-order valence-electron chi connectivity index (χ3n) is 5.00. The monoisotopic (exact) mass is 369 g/mol. The van der Waals surface area contributed by atoms with Gasteiger partial charge in [0.2, 0.25) is 0 Å². The highest BCUT2D eigenvalue weighted by Gasteiger charge is 2.31. The van der Waals surface area contributed by atoms with Crippen LogP contribution in [0.1, 0.15) is 46.7 Å². The second-order valence-corrected chi connectivity index (χ2v) is 7.73. The molecule has 6 heteroatoms. The van der Waals surface area contributed by atoms with E-state index in [9.17, 15) is 4.79 Å². The van der Waals surface area contributed by atoms with E-state index in [0.29, 0.717) is 6.61 Å². The highest BCUT2D eigenvalue weighted by atomic mass is 32.1. The maximum atomic E-state index is 13.2. The van der Waals surface area contributed by atoms with Crippen LogP contribution in [0.5, 0.6) is 5.75 Å². The van der Waals surface area contributed by atoms with Crippen molar-refractivity contribution in [3.05, 3.63) is 46.5 Å². The Morgan fingerprint density at radius 1 is 1.35 bits per heavy atom. The minimum Gasteiger partial charge on any atom is -0.494 e. The highest BCUT2D eigenvalue weighted by molar-refractivity contribution is 7.20. The van der Waals surface area contributed by atoms with E-state index in [0.717, 1.165) is 45.9 Å². The molecule has 1 atom stereocenters. The van der Waals surface area contributed by atoms with Crippen molar-refractivity contribution in [2.75, 3.05) is 13.2 Å². The molecule has 4 rings (SSSR count). The number of hydrogen-bond donors (Lipinski definition) is 0. The average molecular weight is 369 g/mol. The number of aryl methyl sites for hydroxylation is 2. The van der Waals surface area contributed by atoms with E-state index in [1.807, 2.05) is 48.7 Å². The van der Waals surface area contributed by atoms with Crippen LogP contribution in [-0.2, 0) is 7.05 Å². The van der Waals surface area contributed by atoms with Gasteiger partial charge in [-0.25, -0.2) is 0 Å². The van der Waals surface area contributed by atoms with Crippen LogP contribution in [0.4, 0.5) is 0 Å². The molecule has 3 aromatic rings. The number of nitrogens with zero attached hydrogens (tertiary/aromatic N) is 3. The van der Waals surface area contributed by atoms with Crippen molar-refractivity contribution in [1.82, 2.24) is 14.7 Å². The lowest BCUT2D eigenvalue weighted by Crippen LogP contribution is -2.29. The van der Waals surface area contributed by atoms with Crippen molar-refractivity contribution in [1.29, 1.82) is 0 Å². The average Bonchev–Trinajstić information content (AvgIpc) is 3.34. The molecule has 1 aromatic carbocycles. The van der Waals surface area contributed by atoms with Gasteiger partial charge in [0.1, 0.15) is 10.6 Å². The summed E-state index contributed by atoms with van der Waals surface area (Å²) in [4.78, 5) is 17.0. The molecule has 3 heterocycles. The van der Waals surface area contributed by atoms with Crippen molar-refractivity contribution in [3.8, 4) is 5.75 Å². The number of fused-ring (bicyclic) bond motifs is 1. The minimum absolute atomic E-state index is 0.127. The summed E-state index contributed by atoms with van der Waals surface area (Å²) in [7, 11) is 1.93. The first-order valence-electron chi connectivity index (χ1n) is 9.05. The quantitative estimate of drug-likeness (QED) is 0.688. The molecule has 26 heavy (non-hydrogen) atoms. The van der Waals surface area contributed by atoms with Gasteiger partial charge in [-0.2, -0.15) is 5.10 Å². The molecule has 0 N–H and O–H groups in total. The largest absolute Gasteiger partial charge is 0.494 e. The molecule has 0 radical (unpaired) electrons. The highest BCUT2D eigenvalue weighted by Crippen LogP contribution is 2.36. The lowest BCUT2D eigenvalue weighted by molar-refractivity contribution is 0.0740.